The second-order valence-corrected chi connectivity index (χ2v) is 3.69. The van der Waals surface area contributed by atoms with Gasteiger partial charge in [-0.05, 0) is 6.07 Å². The molecule has 0 amide bonds. The summed E-state index contributed by atoms with van der Waals surface area (Å²) in [5.41, 5.74) is 1.76. The molecule has 0 spiro atoms. The third-order valence-electron chi connectivity index (χ3n) is 2.81. The van der Waals surface area contributed by atoms with Crippen LogP contribution in [0.2, 0.25) is 0 Å². The molecular formula is C11H10N2O2. The maximum atomic E-state index is 10.9. The predicted molar refractivity (Wildman–Crippen MR) is 55.0 cm³/mol. The lowest BCUT2D eigenvalue weighted by Gasteiger charge is -2.28. The van der Waals surface area contributed by atoms with Gasteiger partial charge in [0, 0.05) is 29.5 Å². The van der Waals surface area contributed by atoms with Crippen molar-refractivity contribution in [2.24, 2.45) is 0 Å². The lowest BCUT2D eigenvalue weighted by atomic mass is 10.2. The minimum absolute atomic E-state index is 0.364. The molecule has 3 rings (SSSR count). The van der Waals surface area contributed by atoms with Gasteiger partial charge in [-0.2, -0.15) is 0 Å². The lowest BCUT2D eigenvalue weighted by Crippen LogP contribution is -2.30. The average molecular weight is 202 g/mol. The molecule has 0 aliphatic carbocycles. The van der Waals surface area contributed by atoms with Gasteiger partial charge in [-0.15, -0.1) is 0 Å². The fraction of sp³-hybridized carbons (Fsp3) is 0.273. The van der Waals surface area contributed by atoms with Gasteiger partial charge in [0.1, 0.15) is 0 Å². The highest BCUT2D eigenvalue weighted by Crippen LogP contribution is 2.26. The van der Waals surface area contributed by atoms with E-state index >= 15 is 0 Å². The van der Waals surface area contributed by atoms with Crippen molar-refractivity contribution in [1.82, 2.24) is 9.55 Å². The van der Waals surface area contributed by atoms with Crippen LogP contribution in [-0.2, 0) is 4.74 Å². The number of carbonyl (C=O) groups is 1. The van der Waals surface area contributed by atoms with E-state index in [4.69, 9.17) is 4.74 Å². The molecule has 1 aliphatic rings. The molecule has 0 saturated carbocycles. The summed E-state index contributed by atoms with van der Waals surface area (Å²) < 4.78 is 7.26. The van der Waals surface area contributed by atoms with E-state index in [0.29, 0.717) is 11.6 Å². The largest absolute Gasteiger partial charge is 0.377 e. The van der Waals surface area contributed by atoms with Gasteiger partial charge >= 0.3 is 0 Å². The van der Waals surface area contributed by atoms with Crippen LogP contribution in [0, 0.1) is 0 Å². The SMILES string of the molecule is O=Cc1cn(C2COC2)c2ccncc12. The van der Waals surface area contributed by atoms with Gasteiger partial charge in [0.25, 0.3) is 0 Å². The lowest BCUT2D eigenvalue weighted by molar-refractivity contribution is -0.0214. The predicted octanol–water partition coefficient (Wildman–Crippen LogP) is 1.42. The van der Waals surface area contributed by atoms with Crippen LogP contribution in [0.25, 0.3) is 10.9 Å². The van der Waals surface area contributed by atoms with Crippen LogP contribution in [0.3, 0.4) is 0 Å². The molecule has 4 heteroatoms. The fourth-order valence-corrected chi connectivity index (χ4v) is 1.90. The maximum absolute atomic E-state index is 10.9. The van der Waals surface area contributed by atoms with Crippen molar-refractivity contribution in [3.63, 3.8) is 0 Å². The monoisotopic (exact) mass is 202 g/mol. The minimum Gasteiger partial charge on any atom is -0.377 e. The molecular weight excluding hydrogens is 192 g/mol. The van der Waals surface area contributed by atoms with Crippen molar-refractivity contribution in [2.75, 3.05) is 13.2 Å². The highest BCUT2D eigenvalue weighted by Gasteiger charge is 2.22. The number of pyridine rings is 1. The fourth-order valence-electron chi connectivity index (χ4n) is 1.90. The molecule has 0 radical (unpaired) electrons. The number of carbonyl (C=O) groups excluding carboxylic acids is 1. The van der Waals surface area contributed by atoms with E-state index < -0.39 is 0 Å². The summed E-state index contributed by atoms with van der Waals surface area (Å²) >= 11 is 0. The van der Waals surface area contributed by atoms with Gasteiger partial charge < -0.3 is 9.30 Å². The maximum Gasteiger partial charge on any atom is 0.152 e. The van der Waals surface area contributed by atoms with Gasteiger partial charge in [-0.1, -0.05) is 0 Å². The summed E-state index contributed by atoms with van der Waals surface area (Å²) in [7, 11) is 0. The zero-order valence-corrected chi connectivity index (χ0v) is 8.09. The van der Waals surface area contributed by atoms with Crippen LogP contribution in [-0.4, -0.2) is 29.1 Å². The number of hydrogen-bond donors (Lipinski definition) is 0. The van der Waals surface area contributed by atoms with Crippen LogP contribution in [0.15, 0.2) is 24.7 Å². The first-order valence-corrected chi connectivity index (χ1v) is 4.87. The van der Waals surface area contributed by atoms with E-state index in [2.05, 4.69) is 9.55 Å². The van der Waals surface area contributed by atoms with E-state index in [9.17, 15) is 4.79 Å². The Kier molecular flexibility index (Phi) is 1.82. The van der Waals surface area contributed by atoms with Gasteiger partial charge in [0.05, 0.1) is 24.8 Å². The summed E-state index contributed by atoms with van der Waals surface area (Å²) in [6.07, 6.45) is 6.23. The van der Waals surface area contributed by atoms with Crippen molar-refractivity contribution >= 4 is 17.2 Å². The first kappa shape index (κ1) is 8.61. The minimum atomic E-state index is 0.364. The Hall–Kier alpha value is -1.68. The summed E-state index contributed by atoms with van der Waals surface area (Å²) in [4.78, 5) is 14.9. The Balaban J connectivity index is 2.24. The standard InChI is InChI=1S/C11H10N2O2/c14-5-8-4-13(9-6-15-7-9)11-1-2-12-3-10(8)11/h1-5,9H,6-7H2. The third kappa shape index (κ3) is 1.18. The van der Waals surface area contributed by atoms with Gasteiger partial charge in [-0.3, -0.25) is 9.78 Å². The number of aromatic nitrogens is 2. The van der Waals surface area contributed by atoms with Crippen LogP contribution < -0.4 is 0 Å². The van der Waals surface area contributed by atoms with Crippen LogP contribution in [0.5, 0.6) is 0 Å². The quantitative estimate of drug-likeness (QED) is 0.692. The van der Waals surface area contributed by atoms with Crippen molar-refractivity contribution < 1.29 is 9.53 Å². The van der Waals surface area contributed by atoms with Crippen molar-refractivity contribution in [3.8, 4) is 0 Å². The topological polar surface area (TPSA) is 44.1 Å². The first-order chi connectivity index (χ1) is 7.40. The van der Waals surface area contributed by atoms with E-state index in [1.165, 1.54) is 0 Å². The molecule has 4 nitrogen and oxygen atoms in total. The van der Waals surface area contributed by atoms with Crippen LogP contribution in [0.4, 0.5) is 0 Å². The molecule has 0 atom stereocenters. The molecule has 0 N–H and O–H groups in total. The number of aldehydes is 1. The Morgan fingerprint density at radius 1 is 1.53 bits per heavy atom. The summed E-state index contributed by atoms with van der Waals surface area (Å²) in [5.74, 6) is 0. The second-order valence-electron chi connectivity index (χ2n) is 3.69. The number of fused-ring (bicyclic) bond motifs is 1. The number of nitrogens with zero attached hydrogens (tertiary/aromatic N) is 2. The van der Waals surface area contributed by atoms with Gasteiger partial charge in [-0.25, -0.2) is 0 Å². The molecule has 1 saturated heterocycles. The van der Waals surface area contributed by atoms with Crippen molar-refractivity contribution in [3.05, 3.63) is 30.2 Å². The van der Waals surface area contributed by atoms with E-state index in [1.807, 2.05) is 12.3 Å². The number of ether oxygens (including phenoxy) is 1. The van der Waals surface area contributed by atoms with E-state index in [0.717, 1.165) is 30.4 Å². The zero-order valence-electron chi connectivity index (χ0n) is 8.09. The second kappa shape index (κ2) is 3.17. The highest BCUT2D eigenvalue weighted by atomic mass is 16.5. The molecule has 2 aromatic heterocycles. The Morgan fingerprint density at radius 2 is 2.40 bits per heavy atom. The molecule has 0 bridgehead atoms. The molecule has 76 valence electrons. The highest BCUT2D eigenvalue weighted by molar-refractivity contribution is 5.97. The summed E-state index contributed by atoms with van der Waals surface area (Å²) in [5, 5.41) is 0.916. The number of hydrogen-bond acceptors (Lipinski definition) is 3. The molecule has 15 heavy (non-hydrogen) atoms. The molecule has 0 aromatic carbocycles. The molecule has 1 fully saturated rings. The molecule has 0 unspecified atom stereocenters. The normalized spacial score (nSPS) is 16.5. The zero-order chi connectivity index (χ0) is 10.3. The van der Waals surface area contributed by atoms with Gasteiger partial charge in [0.2, 0.25) is 0 Å². The summed E-state index contributed by atoms with van der Waals surface area (Å²) in [6.45, 7) is 1.45. The molecule has 1 aliphatic heterocycles. The van der Waals surface area contributed by atoms with E-state index in [1.54, 1.807) is 12.4 Å². The Labute approximate surface area is 86.5 Å². The molecule has 3 heterocycles. The Morgan fingerprint density at radius 3 is 3.07 bits per heavy atom. The van der Waals surface area contributed by atoms with Crippen LogP contribution in [0.1, 0.15) is 16.4 Å². The van der Waals surface area contributed by atoms with E-state index in [-0.39, 0.29) is 0 Å². The summed E-state index contributed by atoms with van der Waals surface area (Å²) in [6, 6.07) is 2.30. The number of rotatable bonds is 2. The smallest absolute Gasteiger partial charge is 0.152 e. The Bertz CT molecular complexity index is 514. The van der Waals surface area contributed by atoms with Crippen molar-refractivity contribution in [2.45, 2.75) is 6.04 Å². The van der Waals surface area contributed by atoms with Crippen LogP contribution >= 0.6 is 0 Å². The molecule has 2 aromatic rings. The van der Waals surface area contributed by atoms with Crippen molar-refractivity contribution in [1.29, 1.82) is 0 Å². The third-order valence-corrected chi connectivity index (χ3v) is 2.81. The first-order valence-electron chi connectivity index (χ1n) is 4.87. The van der Waals surface area contributed by atoms with Gasteiger partial charge in [0.15, 0.2) is 6.29 Å². The average Bonchev–Trinajstić information content (AvgIpc) is 2.55.